The summed E-state index contributed by atoms with van der Waals surface area (Å²) >= 11 is 0. The van der Waals surface area contributed by atoms with Crippen LogP contribution in [0.2, 0.25) is 0 Å². The van der Waals surface area contributed by atoms with E-state index >= 15 is 0 Å². The fourth-order valence-electron chi connectivity index (χ4n) is 1.39. The number of hydrogen-bond acceptors (Lipinski definition) is 5. The van der Waals surface area contributed by atoms with E-state index in [4.69, 9.17) is 15.4 Å². The van der Waals surface area contributed by atoms with Crippen molar-refractivity contribution in [2.75, 3.05) is 6.61 Å². The van der Waals surface area contributed by atoms with Gasteiger partial charge >= 0.3 is 0 Å². The minimum Gasteiger partial charge on any atom is -0.396 e. The summed E-state index contributed by atoms with van der Waals surface area (Å²) in [6.07, 6.45) is 0.338. The van der Waals surface area contributed by atoms with Crippen molar-refractivity contribution < 1.29 is 14.0 Å². The van der Waals surface area contributed by atoms with Gasteiger partial charge in [0.05, 0.1) is 6.04 Å². The van der Waals surface area contributed by atoms with Gasteiger partial charge in [0.15, 0.2) is 0 Å². The third kappa shape index (κ3) is 2.66. The normalized spacial score (nSPS) is 12.6. The van der Waals surface area contributed by atoms with Crippen molar-refractivity contribution in [1.29, 1.82) is 0 Å². The molecule has 0 radical (unpaired) electrons. The van der Waals surface area contributed by atoms with Gasteiger partial charge in [-0.2, -0.15) is 4.98 Å². The van der Waals surface area contributed by atoms with E-state index < -0.39 is 6.04 Å². The third-order valence-electron chi connectivity index (χ3n) is 2.28. The average Bonchev–Trinajstić information content (AvgIpc) is 2.78. The molecule has 3 N–H and O–H groups in total. The summed E-state index contributed by atoms with van der Waals surface area (Å²) in [7, 11) is 0. The number of aliphatic hydroxyl groups excluding tert-OH is 1. The molecule has 0 fully saturated rings. The number of halogens is 1. The van der Waals surface area contributed by atoms with E-state index in [0.29, 0.717) is 12.0 Å². The molecule has 0 aliphatic rings. The molecule has 90 valence electrons. The van der Waals surface area contributed by atoms with E-state index in [-0.39, 0.29) is 24.1 Å². The number of aromatic nitrogens is 2. The molecular weight excluding hydrogens is 225 g/mol. The predicted molar refractivity (Wildman–Crippen MR) is 58.3 cm³/mol. The van der Waals surface area contributed by atoms with Crippen LogP contribution in [0.15, 0.2) is 28.8 Å². The van der Waals surface area contributed by atoms with Gasteiger partial charge in [-0.25, -0.2) is 4.39 Å². The van der Waals surface area contributed by atoms with E-state index in [1.165, 1.54) is 12.1 Å². The van der Waals surface area contributed by atoms with Gasteiger partial charge in [-0.3, -0.25) is 0 Å². The summed E-state index contributed by atoms with van der Waals surface area (Å²) in [5.41, 5.74) is 6.22. The molecule has 0 bridgehead atoms. The summed E-state index contributed by atoms with van der Waals surface area (Å²) in [6.45, 7) is -0.0567. The molecule has 0 aliphatic heterocycles. The van der Waals surface area contributed by atoms with Gasteiger partial charge in [-0.1, -0.05) is 17.3 Å². The van der Waals surface area contributed by atoms with Crippen molar-refractivity contribution in [2.45, 2.75) is 12.5 Å². The Hall–Kier alpha value is -1.79. The Kier molecular flexibility index (Phi) is 3.46. The van der Waals surface area contributed by atoms with Gasteiger partial charge < -0.3 is 15.4 Å². The van der Waals surface area contributed by atoms with Gasteiger partial charge in [0.25, 0.3) is 0 Å². The Morgan fingerprint density at radius 1 is 1.47 bits per heavy atom. The molecule has 1 aromatic carbocycles. The van der Waals surface area contributed by atoms with Crippen LogP contribution in [0.25, 0.3) is 11.4 Å². The zero-order valence-electron chi connectivity index (χ0n) is 9.01. The molecule has 1 heterocycles. The fraction of sp³-hybridized carbons (Fsp3) is 0.273. The summed E-state index contributed by atoms with van der Waals surface area (Å²) in [5, 5.41) is 12.5. The standard InChI is InChI=1S/C11H12FN3O2/c12-8-3-1-2-7(6-8)10-14-11(17-15-10)9(13)4-5-16/h1-3,6,9,16H,4-5,13H2. The van der Waals surface area contributed by atoms with Gasteiger partial charge in [-0.15, -0.1) is 0 Å². The topological polar surface area (TPSA) is 85.2 Å². The molecule has 0 spiro atoms. The lowest BCUT2D eigenvalue weighted by molar-refractivity contribution is 0.259. The van der Waals surface area contributed by atoms with Crippen LogP contribution in [0.1, 0.15) is 18.4 Å². The lowest BCUT2D eigenvalue weighted by Gasteiger charge is -2.01. The van der Waals surface area contributed by atoms with Crippen LogP contribution < -0.4 is 5.73 Å². The summed E-state index contributed by atoms with van der Waals surface area (Å²) in [5.74, 6) is 0.153. The predicted octanol–water partition coefficient (Wildman–Crippen LogP) is 1.26. The maximum atomic E-state index is 13.0. The zero-order valence-corrected chi connectivity index (χ0v) is 9.01. The Morgan fingerprint density at radius 2 is 2.29 bits per heavy atom. The molecular formula is C11H12FN3O2. The van der Waals surface area contributed by atoms with Gasteiger partial charge in [0.2, 0.25) is 11.7 Å². The molecule has 1 atom stereocenters. The highest BCUT2D eigenvalue weighted by Crippen LogP contribution is 2.19. The molecule has 0 amide bonds. The van der Waals surface area contributed by atoms with Crippen molar-refractivity contribution in [2.24, 2.45) is 5.73 Å². The van der Waals surface area contributed by atoms with E-state index in [1.807, 2.05) is 0 Å². The Labute approximate surface area is 97.1 Å². The first-order valence-corrected chi connectivity index (χ1v) is 5.16. The number of nitrogens with two attached hydrogens (primary N) is 1. The Morgan fingerprint density at radius 3 is 3.00 bits per heavy atom. The van der Waals surface area contributed by atoms with Crippen LogP contribution in [0.5, 0.6) is 0 Å². The first-order chi connectivity index (χ1) is 8.20. The second-order valence-electron chi connectivity index (χ2n) is 3.59. The maximum absolute atomic E-state index is 13.0. The lowest BCUT2D eigenvalue weighted by Crippen LogP contribution is -2.12. The van der Waals surface area contributed by atoms with E-state index in [2.05, 4.69) is 10.1 Å². The monoisotopic (exact) mass is 237 g/mol. The van der Waals surface area contributed by atoms with Crippen LogP contribution in [-0.4, -0.2) is 21.9 Å². The van der Waals surface area contributed by atoms with Crippen LogP contribution in [0.4, 0.5) is 4.39 Å². The molecule has 0 saturated carbocycles. The van der Waals surface area contributed by atoms with Crippen molar-refractivity contribution in [1.82, 2.24) is 10.1 Å². The molecule has 1 aromatic heterocycles. The van der Waals surface area contributed by atoms with E-state index in [9.17, 15) is 4.39 Å². The second kappa shape index (κ2) is 5.03. The van der Waals surface area contributed by atoms with Crippen LogP contribution >= 0.6 is 0 Å². The summed E-state index contributed by atoms with van der Waals surface area (Å²) in [4.78, 5) is 4.06. The average molecular weight is 237 g/mol. The smallest absolute Gasteiger partial charge is 0.243 e. The molecule has 5 nitrogen and oxygen atoms in total. The molecule has 0 aliphatic carbocycles. The third-order valence-corrected chi connectivity index (χ3v) is 2.28. The molecule has 2 rings (SSSR count). The highest BCUT2D eigenvalue weighted by Gasteiger charge is 2.15. The van der Waals surface area contributed by atoms with Crippen molar-refractivity contribution in [3.05, 3.63) is 36.0 Å². The van der Waals surface area contributed by atoms with Gasteiger partial charge in [-0.05, 0) is 18.6 Å². The minimum absolute atomic E-state index is 0.0567. The van der Waals surface area contributed by atoms with Crippen LogP contribution in [0.3, 0.4) is 0 Å². The lowest BCUT2D eigenvalue weighted by atomic mass is 10.2. The second-order valence-corrected chi connectivity index (χ2v) is 3.59. The van der Waals surface area contributed by atoms with Gasteiger partial charge in [0, 0.05) is 12.2 Å². The zero-order chi connectivity index (χ0) is 12.3. The Bertz CT molecular complexity index is 501. The number of aliphatic hydroxyl groups is 1. The van der Waals surface area contributed by atoms with Crippen molar-refractivity contribution in [3.63, 3.8) is 0 Å². The summed E-state index contributed by atoms with van der Waals surface area (Å²) in [6, 6.07) is 5.38. The molecule has 6 heteroatoms. The number of nitrogens with zero attached hydrogens (tertiary/aromatic N) is 2. The number of benzene rings is 1. The highest BCUT2D eigenvalue weighted by atomic mass is 19.1. The highest BCUT2D eigenvalue weighted by molar-refractivity contribution is 5.53. The van der Waals surface area contributed by atoms with E-state index in [1.54, 1.807) is 12.1 Å². The summed E-state index contributed by atoms with van der Waals surface area (Å²) < 4.78 is 17.9. The first-order valence-electron chi connectivity index (χ1n) is 5.16. The number of rotatable bonds is 4. The first kappa shape index (κ1) is 11.7. The van der Waals surface area contributed by atoms with Crippen LogP contribution in [0, 0.1) is 5.82 Å². The van der Waals surface area contributed by atoms with Crippen molar-refractivity contribution in [3.8, 4) is 11.4 Å². The van der Waals surface area contributed by atoms with Crippen LogP contribution in [-0.2, 0) is 0 Å². The molecule has 0 saturated heterocycles. The maximum Gasteiger partial charge on any atom is 0.243 e. The Balaban J connectivity index is 2.23. The minimum atomic E-state index is -0.505. The molecule has 2 aromatic rings. The van der Waals surface area contributed by atoms with E-state index in [0.717, 1.165) is 0 Å². The van der Waals surface area contributed by atoms with Gasteiger partial charge in [0.1, 0.15) is 5.82 Å². The van der Waals surface area contributed by atoms with Crippen molar-refractivity contribution >= 4 is 0 Å². The fourth-order valence-corrected chi connectivity index (χ4v) is 1.39. The quantitative estimate of drug-likeness (QED) is 0.836. The molecule has 17 heavy (non-hydrogen) atoms. The number of hydrogen-bond donors (Lipinski definition) is 2. The molecule has 1 unspecified atom stereocenters. The SMILES string of the molecule is NC(CCO)c1nc(-c2cccc(F)c2)no1. The largest absolute Gasteiger partial charge is 0.396 e.